The molecule has 6 heteroatoms. The highest BCUT2D eigenvalue weighted by molar-refractivity contribution is 5.73. The maximum absolute atomic E-state index is 11.7. The number of esters is 1. The van der Waals surface area contributed by atoms with E-state index < -0.39 is 0 Å². The number of hydrogen-bond donors (Lipinski definition) is 1. The second-order valence-electron chi connectivity index (χ2n) is 3.85. The molecule has 0 bridgehead atoms. The van der Waals surface area contributed by atoms with E-state index in [0.29, 0.717) is 19.8 Å². The van der Waals surface area contributed by atoms with Gasteiger partial charge in [0.2, 0.25) is 0 Å². The minimum absolute atomic E-state index is 0.242. The summed E-state index contributed by atoms with van der Waals surface area (Å²) in [6, 6.07) is -0.355. The van der Waals surface area contributed by atoms with Gasteiger partial charge in [0.1, 0.15) is 11.9 Å². The molecule has 0 aromatic carbocycles. The molecule has 18 heavy (non-hydrogen) atoms. The van der Waals surface area contributed by atoms with Gasteiger partial charge in [-0.15, -0.1) is 0 Å². The molecule has 0 spiro atoms. The molecule has 0 radical (unpaired) electrons. The molecule has 0 saturated carbocycles. The summed E-state index contributed by atoms with van der Waals surface area (Å²) >= 11 is 0. The lowest BCUT2D eigenvalue weighted by Gasteiger charge is -2.15. The summed E-state index contributed by atoms with van der Waals surface area (Å²) in [5.41, 5.74) is 0. The first kappa shape index (κ1) is 14.7. The fourth-order valence-corrected chi connectivity index (χ4v) is 1.58. The first-order chi connectivity index (χ1) is 8.70. The molecule has 1 aromatic rings. The molecular formula is C12H21N3O3. The van der Waals surface area contributed by atoms with Gasteiger partial charge in [0.25, 0.3) is 0 Å². The zero-order valence-electron chi connectivity index (χ0n) is 11.2. The molecule has 0 aliphatic carbocycles. The quantitative estimate of drug-likeness (QED) is 0.548. The van der Waals surface area contributed by atoms with Crippen LogP contribution in [-0.2, 0) is 20.8 Å². The second-order valence-corrected chi connectivity index (χ2v) is 3.85. The van der Waals surface area contributed by atoms with Crippen LogP contribution in [0.4, 0.5) is 0 Å². The Labute approximate surface area is 107 Å². The number of methoxy groups -OCH3 is 1. The van der Waals surface area contributed by atoms with Crippen molar-refractivity contribution in [1.82, 2.24) is 14.9 Å². The lowest BCUT2D eigenvalue weighted by atomic mass is 10.3. The highest BCUT2D eigenvalue weighted by Crippen LogP contribution is 2.11. The van der Waals surface area contributed by atoms with Gasteiger partial charge in [-0.1, -0.05) is 0 Å². The Hall–Kier alpha value is -1.40. The van der Waals surface area contributed by atoms with E-state index in [0.717, 1.165) is 12.4 Å². The van der Waals surface area contributed by atoms with E-state index >= 15 is 0 Å². The molecule has 0 amide bonds. The molecule has 1 N–H and O–H groups in total. The zero-order chi connectivity index (χ0) is 13.4. The van der Waals surface area contributed by atoms with Crippen molar-refractivity contribution in [3.8, 4) is 0 Å². The average Bonchev–Trinajstić information content (AvgIpc) is 2.82. The number of hydrogen-bond acceptors (Lipinski definition) is 5. The van der Waals surface area contributed by atoms with E-state index in [1.54, 1.807) is 33.4 Å². The van der Waals surface area contributed by atoms with Crippen LogP contribution < -0.4 is 5.32 Å². The van der Waals surface area contributed by atoms with Crippen molar-refractivity contribution in [3.63, 3.8) is 0 Å². The van der Waals surface area contributed by atoms with Crippen LogP contribution in [0.5, 0.6) is 0 Å². The minimum Gasteiger partial charge on any atom is -0.464 e. The van der Waals surface area contributed by atoms with Crippen molar-refractivity contribution < 1.29 is 14.3 Å². The molecule has 1 unspecified atom stereocenters. The predicted octanol–water partition coefficient (Wildman–Crippen LogP) is 0.743. The number of rotatable bonds is 8. The van der Waals surface area contributed by atoms with Gasteiger partial charge in [-0.05, 0) is 13.8 Å². The van der Waals surface area contributed by atoms with E-state index in [-0.39, 0.29) is 12.0 Å². The van der Waals surface area contributed by atoms with Gasteiger partial charge in [-0.2, -0.15) is 0 Å². The number of ether oxygens (including phenoxy) is 2. The van der Waals surface area contributed by atoms with Crippen LogP contribution in [0.15, 0.2) is 12.4 Å². The third-order valence-corrected chi connectivity index (χ3v) is 2.56. The summed E-state index contributed by atoms with van der Waals surface area (Å²) in [5, 5.41) is 3.19. The third kappa shape index (κ3) is 4.12. The topological polar surface area (TPSA) is 65.4 Å². The number of carbonyl (C=O) groups is 1. The number of nitrogens with zero attached hydrogens (tertiary/aromatic N) is 2. The number of nitrogens with one attached hydrogen (secondary N) is 1. The smallest absolute Gasteiger partial charge is 0.328 e. The lowest BCUT2D eigenvalue weighted by Crippen LogP contribution is -2.25. The fourth-order valence-electron chi connectivity index (χ4n) is 1.58. The van der Waals surface area contributed by atoms with Crippen molar-refractivity contribution in [1.29, 1.82) is 0 Å². The largest absolute Gasteiger partial charge is 0.464 e. The summed E-state index contributed by atoms with van der Waals surface area (Å²) in [7, 11) is 1.66. The predicted molar refractivity (Wildman–Crippen MR) is 67.2 cm³/mol. The van der Waals surface area contributed by atoms with Gasteiger partial charge in [0.15, 0.2) is 0 Å². The Morgan fingerprint density at radius 1 is 1.61 bits per heavy atom. The zero-order valence-corrected chi connectivity index (χ0v) is 11.2. The van der Waals surface area contributed by atoms with Gasteiger partial charge in [-0.25, -0.2) is 9.78 Å². The number of imidazole rings is 1. The Morgan fingerprint density at radius 2 is 2.39 bits per heavy atom. The number of carbonyl (C=O) groups excluding carboxylic acids is 1. The Morgan fingerprint density at radius 3 is 3.06 bits per heavy atom. The van der Waals surface area contributed by atoms with Gasteiger partial charge < -0.3 is 19.4 Å². The fraction of sp³-hybridized carbons (Fsp3) is 0.667. The molecule has 0 aliphatic heterocycles. The maximum atomic E-state index is 11.7. The highest BCUT2D eigenvalue weighted by atomic mass is 16.5. The molecular weight excluding hydrogens is 234 g/mol. The normalized spacial score (nSPS) is 12.4. The standard InChI is InChI=1S/C12H21N3O3/c1-4-18-12(16)10(2)15-7-5-14-11(15)9-13-6-8-17-3/h5,7,10,13H,4,6,8-9H2,1-3H3. The molecule has 1 rings (SSSR count). The molecule has 1 heterocycles. The molecule has 0 saturated heterocycles. The van der Waals surface area contributed by atoms with E-state index in [1.807, 2.05) is 4.57 Å². The Kier molecular flexibility index (Phi) is 6.38. The van der Waals surface area contributed by atoms with Crippen molar-refractivity contribution in [2.45, 2.75) is 26.4 Å². The molecule has 1 atom stereocenters. The summed E-state index contributed by atoms with van der Waals surface area (Å²) in [4.78, 5) is 15.9. The van der Waals surface area contributed by atoms with Crippen molar-refractivity contribution in [2.24, 2.45) is 0 Å². The first-order valence-corrected chi connectivity index (χ1v) is 6.08. The summed E-state index contributed by atoms with van der Waals surface area (Å²) < 4.78 is 11.8. The van der Waals surface area contributed by atoms with Gasteiger partial charge in [-0.3, -0.25) is 0 Å². The van der Waals surface area contributed by atoms with E-state index in [2.05, 4.69) is 10.3 Å². The van der Waals surface area contributed by atoms with Crippen LogP contribution in [0.25, 0.3) is 0 Å². The first-order valence-electron chi connectivity index (χ1n) is 6.08. The van der Waals surface area contributed by atoms with E-state index in [4.69, 9.17) is 9.47 Å². The molecule has 0 fully saturated rings. The van der Waals surface area contributed by atoms with Crippen LogP contribution in [-0.4, -0.2) is 42.4 Å². The van der Waals surface area contributed by atoms with E-state index in [1.165, 1.54) is 0 Å². The van der Waals surface area contributed by atoms with Gasteiger partial charge >= 0.3 is 5.97 Å². The maximum Gasteiger partial charge on any atom is 0.328 e. The lowest BCUT2D eigenvalue weighted by molar-refractivity contribution is -0.146. The molecule has 6 nitrogen and oxygen atoms in total. The number of aromatic nitrogens is 2. The van der Waals surface area contributed by atoms with Crippen molar-refractivity contribution >= 4 is 5.97 Å². The summed E-state index contributed by atoms with van der Waals surface area (Å²) in [6.07, 6.45) is 3.47. The van der Waals surface area contributed by atoms with Crippen LogP contribution in [0, 0.1) is 0 Å². The monoisotopic (exact) mass is 255 g/mol. The minimum atomic E-state index is -0.355. The van der Waals surface area contributed by atoms with Crippen LogP contribution in [0.2, 0.25) is 0 Å². The third-order valence-electron chi connectivity index (χ3n) is 2.56. The van der Waals surface area contributed by atoms with Gasteiger partial charge in [0, 0.05) is 26.0 Å². The van der Waals surface area contributed by atoms with Crippen molar-refractivity contribution in [2.75, 3.05) is 26.9 Å². The van der Waals surface area contributed by atoms with Gasteiger partial charge in [0.05, 0.1) is 19.8 Å². The SMILES string of the molecule is CCOC(=O)C(C)n1ccnc1CNCCOC. The molecule has 0 aliphatic rings. The second kappa shape index (κ2) is 7.84. The molecule has 1 aromatic heterocycles. The Balaban J connectivity index is 2.55. The Bertz CT molecular complexity index is 365. The average molecular weight is 255 g/mol. The van der Waals surface area contributed by atoms with Crippen molar-refractivity contribution in [3.05, 3.63) is 18.2 Å². The van der Waals surface area contributed by atoms with Crippen LogP contribution in [0.1, 0.15) is 25.7 Å². The van der Waals surface area contributed by atoms with Crippen LogP contribution in [0.3, 0.4) is 0 Å². The molecule has 102 valence electrons. The highest BCUT2D eigenvalue weighted by Gasteiger charge is 2.18. The summed E-state index contributed by atoms with van der Waals surface area (Å²) in [5.74, 6) is 0.570. The summed E-state index contributed by atoms with van der Waals surface area (Å²) in [6.45, 7) is 5.98. The van der Waals surface area contributed by atoms with Crippen LogP contribution >= 0.6 is 0 Å². The van der Waals surface area contributed by atoms with E-state index in [9.17, 15) is 4.79 Å².